The van der Waals surface area contributed by atoms with E-state index in [9.17, 15) is 9.59 Å². The van der Waals surface area contributed by atoms with Gasteiger partial charge in [-0.1, -0.05) is 0 Å². The molecular formula is C18H32N4O2. The Bertz CT molecular complexity index is 442. The van der Waals surface area contributed by atoms with E-state index < -0.39 is 0 Å². The molecule has 0 aliphatic carbocycles. The number of rotatable bonds is 4. The second-order valence-corrected chi connectivity index (χ2v) is 7.51. The van der Waals surface area contributed by atoms with Crippen LogP contribution in [0.5, 0.6) is 0 Å². The summed E-state index contributed by atoms with van der Waals surface area (Å²) in [6, 6.07) is 0.540. The van der Waals surface area contributed by atoms with Crippen LogP contribution < -0.4 is 5.32 Å². The molecule has 3 aliphatic heterocycles. The van der Waals surface area contributed by atoms with Crippen molar-refractivity contribution in [2.24, 2.45) is 5.92 Å². The van der Waals surface area contributed by atoms with Gasteiger partial charge in [0.05, 0.1) is 12.5 Å². The highest BCUT2D eigenvalue weighted by atomic mass is 16.2. The largest absolute Gasteiger partial charge is 0.342 e. The number of carbonyl (C=O) groups is 2. The van der Waals surface area contributed by atoms with Crippen LogP contribution in [0.1, 0.15) is 38.5 Å². The van der Waals surface area contributed by atoms with Crippen LogP contribution >= 0.6 is 0 Å². The Morgan fingerprint density at radius 3 is 2.29 bits per heavy atom. The van der Waals surface area contributed by atoms with Crippen molar-refractivity contribution in [3.8, 4) is 0 Å². The molecule has 0 saturated carbocycles. The standard InChI is InChI=1S/C18H32N4O2/c1-19-13-17(23)20-11-6-16(7-12-20)22-10-4-5-15(14-22)18(24)21-8-2-3-9-21/h15-16,19H,2-14H2,1H3/t15-/m1/s1. The molecule has 3 aliphatic rings. The van der Waals surface area contributed by atoms with Gasteiger partial charge in [0.1, 0.15) is 0 Å². The van der Waals surface area contributed by atoms with E-state index in [1.807, 2.05) is 11.9 Å². The predicted octanol–water partition coefficient (Wildman–Crippen LogP) is 0.531. The van der Waals surface area contributed by atoms with Gasteiger partial charge >= 0.3 is 0 Å². The summed E-state index contributed by atoms with van der Waals surface area (Å²) in [6.45, 7) is 6.09. The normalized spacial score (nSPS) is 26.8. The smallest absolute Gasteiger partial charge is 0.236 e. The fourth-order valence-electron chi connectivity index (χ4n) is 4.48. The summed E-state index contributed by atoms with van der Waals surface area (Å²) in [5.41, 5.74) is 0. The van der Waals surface area contributed by atoms with Gasteiger partial charge in [0.15, 0.2) is 0 Å². The number of hydrogen-bond acceptors (Lipinski definition) is 4. The second-order valence-electron chi connectivity index (χ2n) is 7.51. The number of amides is 2. The SMILES string of the molecule is CNCC(=O)N1CCC(N2CCC[C@@H](C(=O)N3CCCC3)C2)CC1. The second kappa shape index (κ2) is 8.30. The van der Waals surface area contributed by atoms with Gasteiger partial charge in [-0.25, -0.2) is 0 Å². The van der Waals surface area contributed by atoms with Crippen molar-refractivity contribution >= 4 is 11.8 Å². The van der Waals surface area contributed by atoms with Gasteiger partial charge < -0.3 is 15.1 Å². The van der Waals surface area contributed by atoms with Crippen LogP contribution in [-0.4, -0.2) is 85.4 Å². The lowest BCUT2D eigenvalue weighted by molar-refractivity contribution is -0.136. The number of likely N-dealkylation sites (tertiary alicyclic amines) is 3. The first-order valence-electron chi connectivity index (χ1n) is 9.64. The molecule has 136 valence electrons. The van der Waals surface area contributed by atoms with Gasteiger partial charge in [-0.15, -0.1) is 0 Å². The molecule has 0 spiro atoms. The van der Waals surface area contributed by atoms with Crippen molar-refractivity contribution in [1.29, 1.82) is 0 Å². The van der Waals surface area contributed by atoms with Crippen molar-refractivity contribution in [3.05, 3.63) is 0 Å². The summed E-state index contributed by atoms with van der Waals surface area (Å²) in [5, 5.41) is 2.94. The Morgan fingerprint density at radius 2 is 1.62 bits per heavy atom. The number of piperidine rings is 2. The van der Waals surface area contributed by atoms with E-state index in [0.29, 0.717) is 18.5 Å². The Hall–Kier alpha value is -1.14. The Kier molecular flexibility index (Phi) is 6.11. The van der Waals surface area contributed by atoms with Gasteiger partial charge in [-0.2, -0.15) is 0 Å². The minimum absolute atomic E-state index is 0.195. The fourth-order valence-corrected chi connectivity index (χ4v) is 4.48. The maximum atomic E-state index is 12.7. The topological polar surface area (TPSA) is 55.9 Å². The number of carbonyl (C=O) groups excluding carboxylic acids is 2. The Labute approximate surface area is 145 Å². The molecule has 0 aromatic rings. The van der Waals surface area contributed by atoms with Gasteiger partial charge in [0.2, 0.25) is 11.8 Å². The van der Waals surface area contributed by atoms with Crippen LogP contribution in [0.15, 0.2) is 0 Å². The summed E-state index contributed by atoms with van der Waals surface area (Å²) >= 11 is 0. The average Bonchev–Trinajstić information content (AvgIpc) is 3.16. The molecule has 1 atom stereocenters. The van der Waals surface area contributed by atoms with Crippen molar-refractivity contribution in [3.63, 3.8) is 0 Å². The molecule has 0 unspecified atom stereocenters. The van der Waals surface area contributed by atoms with E-state index >= 15 is 0 Å². The highest BCUT2D eigenvalue weighted by molar-refractivity contribution is 5.79. The first kappa shape index (κ1) is 17.7. The molecule has 3 fully saturated rings. The van der Waals surface area contributed by atoms with E-state index in [-0.39, 0.29) is 11.8 Å². The van der Waals surface area contributed by atoms with Crippen molar-refractivity contribution < 1.29 is 9.59 Å². The average molecular weight is 336 g/mol. The maximum Gasteiger partial charge on any atom is 0.236 e. The summed E-state index contributed by atoms with van der Waals surface area (Å²) in [4.78, 5) is 31.2. The van der Waals surface area contributed by atoms with Crippen LogP contribution in [0.2, 0.25) is 0 Å². The molecule has 3 heterocycles. The van der Waals surface area contributed by atoms with Gasteiger partial charge in [-0.3, -0.25) is 14.5 Å². The van der Waals surface area contributed by atoms with E-state index in [0.717, 1.165) is 65.0 Å². The molecule has 0 aromatic carbocycles. The highest BCUT2D eigenvalue weighted by Crippen LogP contribution is 2.26. The lowest BCUT2D eigenvalue weighted by Gasteiger charge is -2.42. The van der Waals surface area contributed by atoms with Crippen LogP contribution in [0.4, 0.5) is 0 Å². The summed E-state index contributed by atoms with van der Waals surface area (Å²) in [5.74, 6) is 0.788. The first-order chi connectivity index (χ1) is 11.7. The monoisotopic (exact) mass is 336 g/mol. The quantitative estimate of drug-likeness (QED) is 0.814. The molecule has 6 heteroatoms. The summed E-state index contributed by atoms with van der Waals surface area (Å²) < 4.78 is 0. The number of likely N-dealkylation sites (N-methyl/N-ethyl adjacent to an activating group) is 1. The highest BCUT2D eigenvalue weighted by Gasteiger charge is 2.34. The van der Waals surface area contributed by atoms with Gasteiger partial charge in [-0.05, 0) is 52.1 Å². The van der Waals surface area contributed by atoms with Gasteiger partial charge in [0.25, 0.3) is 0 Å². The van der Waals surface area contributed by atoms with E-state index in [4.69, 9.17) is 0 Å². The minimum atomic E-state index is 0.195. The number of hydrogen-bond donors (Lipinski definition) is 1. The van der Waals surface area contributed by atoms with Crippen LogP contribution in [0, 0.1) is 5.92 Å². The van der Waals surface area contributed by atoms with Crippen LogP contribution in [0.3, 0.4) is 0 Å². The van der Waals surface area contributed by atoms with Crippen molar-refractivity contribution in [1.82, 2.24) is 20.0 Å². The molecular weight excluding hydrogens is 304 g/mol. The molecule has 2 amide bonds. The van der Waals surface area contributed by atoms with E-state index in [1.165, 1.54) is 12.8 Å². The summed E-state index contributed by atoms with van der Waals surface area (Å²) in [6.07, 6.45) is 6.59. The zero-order valence-corrected chi connectivity index (χ0v) is 15.0. The Morgan fingerprint density at radius 1 is 0.917 bits per heavy atom. The lowest BCUT2D eigenvalue weighted by atomic mass is 9.93. The van der Waals surface area contributed by atoms with Crippen molar-refractivity contribution in [2.45, 2.75) is 44.6 Å². The molecule has 0 radical (unpaired) electrons. The third kappa shape index (κ3) is 4.09. The van der Waals surface area contributed by atoms with Crippen LogP contribution in [0.25, 0.3) is 0 Å². The fraction of sp³-hybridized carbons (Fsp3) is 0.889. The minimum Gasteiger partial charge on any atom is -0.342 e. The lowest BCUT2D eigenvalue weighted by Crippen LogP contribution is -2.52. The zero-order valence-electron chi connectivity index (χ0n) is 15.0. The zero-order chi connectivity index (χ0) is 16.9. The number of nitrogens with one attached hydrogen (secondary N) is 1. The van der Waals surface area contributed by atoms with Crippen LogP contribution in [-0.2, 0) is 9.59 Å². The third-order valence-electron chi connectivity index (χ3n) is 5.88. The molecule has 24 heavy (non-hydrogen) atoms. The molecule has 3 saturated heterocycles. The molecule has 1 N–H and O–H groups in total. The Balaban J connectivity index is 1.48. The molecule has 3 rings (SSSR count). The number of nitrogens with zero attached hydrogens (tertiary/aromatic N) is 3. The molecule has 6 nitrogen and oxygen atoms in total. The van der Waals surface area contributed by atoms with Gasteiger partial charge in [0, 0.05) is 38.8 Å². The molecule has 0 bridgehead atoms. The third-order valence-corrected chi connectivity index (χ3v) is 5.88. The van der Waals surface area contributed by atoms with E-state index in [2.05, 4.69) is 15.1 Å². The van der Waals surface area contributed by atoms with Crippen molar-refractivity contribution in [2.75, 3.05) is 52.9 Å². The maximum absolute atomic E-state index is 12.7. The molecule has 0 aromatic heterocycles. The first-order valence-corrected chi connectivity index (χ1v) is 9.64. The predicted molar refractivity (Wildman–Crippen MR) is 93.6 cm³/mol. The summed E-state index contributed by atoms with van der Waals surface area (Å²) in [7, 11) is 1.82. The van der Waals surface area contributed by atoms with E-state index in [1.54, 1.807) is 0 Å².